The van der Waals surface area contributed by atoms with E-state index in [0.29, 0.717) is 23.9 Å². The van der Waals surface area contributed by atoms with Gasteiger partial charge in [0, 0.05) is 49.4 Å². The minimum atomic E-state index is -0.192. The topological polar surface area (TPSA) is 77.3 Å². The number of likely N-dealkylation sites (tertiary alicyclic amines) is 1. The largest absolute Gasteiger partial charge is 0.492 e. The summed E-state index contributed by atoms with van der Waals surface area (Å²) in [7, 11) is 0. The highest BCUT2D eigenvalue weighted by molar-refractivity contribution is 6.31. The lowest BCUT2D eigenvalue weighted by Crippen LogP contribution is -2.40. The van der Waals surface area contributed by atoms with Crippen LogP contribution in [0.1, 0.15) is 29.5 Å². The summed E-state index contributed by atoms with van der Waals surface area (Å²) >= 11 is 6.50. The monoisotopic (exact) mass is 457 g/mol. The van der Waals surface area contributed by atoms with Crippen LogP contribution in [0.15, 0.2) is 30.3 Å². The molecular weight excluding hydrogens is 430 g/mol. The predicted molar refractivity (Wildman–Crippen MR) is 121 cm³/mol. The molecule has 1 unspecified atom stereocenters. The standard InChI is InChI=1S/C24H28ClN3O4/c25-20-10-23-22(31-15-32-23)9-18(20)13-28-6-7-30-21-4-3-16(8-19(21)14-28)11-27-5-1-2-17(12-27)24(26)29/h3-4,8-10,17H,1-2,5-7,11-15H2,(H2,26,29). The van der Waals surface area contributed by atoms with Crippen LogP contribution in [-0.2, 0) is 24.4 Å². The first-order chi connectivity index (χ1) is 15.5. The Morgan fingerprint density at radius 1 is 1.03 bits per heavy atom. The quantitative estimate of drug-likeness (QED) is 0.743. The summed E-state index contributed by atoms with van der Waals surface area (Å²) in [6.07, 6.45) is 1.90. The summed E-state index contributed by atoms with van der Waals surface area (Å²) in [6.45, 7) is 5.68. The first-order valence-electron chi connectivity index (χ1n) is 11.1. The van der Waals surface area contributed by atoms with E-state index in [-0.39, 0.29) is 18.6 Å². The van der Waals surface area contributed by atoms with Crippen molar-refractivity contribution in [3.05, 3.63) is 52.0 Å². The van der Waals surface area contributed by atoms with Crippen LogP contribution in [0, 0.1) is 5.92 Å². The average Bonchev–Trinajstić information content (AvgIpc) is 3.12. The van der Waals surface area contributed by atoms with E-state index in [1.165, 1.54) is 11.1 Å². The normalized spacial score (nSPS) is 21.0. The molecule has 1 amide bonds. The van der Waals surface area contributed by atoms with Crippen molar-refractivity contribution in [1.82, 2.24) is 9.80 Å². The van der Waals surface area contributed by atoms with Crippen LogP contribution in [-0.4, -0.2) is 48.7 Å². The highest BCUT2D eigenvalue weighted by atomic mass is 35.5. The molecule has 1 atom stereocenters. The first-order valence-corrected chi connectivity index (χ1v) is 11.5. The highest BCUT2D eigenvalue weighted by Crippen LogP contribution is 2.37. The second kappa shape index (κ2) is 9.17. The van der Waals surface area contributed by atoms with Gasteiger partial charge in [-0.15, -0.1) is 0 Å². The molecule has 7 nitrogen and oxygen atoms in total. The van der Waals surface area contributed by atoms with Crippen molar-refractivity contribution in [3.63, 3.8) is 0 Å². The molecular formula is C24H28ClN3O4. The Morgan fingerprint density at radius 2 is 1.88 bits per heavy atom. The number of hydrogen-bond donors (Lipinski definition) is 1. The third-order valence-electron chi connectivity index (χ3n) is 6.43. The summed E-state index contributed by atoms with van der Waals surface area (Å²) < 4.78 is 17.0. The van der Waals surface area contributed by atoms with Gasteiger partial charge in [0.1, 0.15) is 12.4 Å². The molecule has 8 heteroatoms. The number of primary amides is 1. The summed E-state index contributed by atoms with van der Waals surface area (Å²) in [4.78, 5) is 16.3. The van der Waals surface area contributed by atoms with Gasteiger partial charge in [-0.3, -0.25) is 14.6 Å². The smallest absolute Gasteiger partial charge is 0.231 e. The van der Waals surface area contributed by atoms with Crippen molar-refractivity contribution in [3.8, 4) is 17.2 Å². The molecule has 32 heavy (non-hydrogen) atoms. The second-order valence-corrected chi connectivity index (χ2v) is 9.18. The molecule has 0 spiro atoms. The third kappa shape index (κ3) is 4.65. The number of nitrogens with two attached hydrogens (primary N) is 1. The van der Waals surface area contributed by atoms with E-state index in [0.717, 1.165) is 62.6 Å². The Balaban J connectivity index is 1.29. The number of carbonyl (C=O) groups excluding carboxylic acids is 1. The fourth-order valence-corrected chi connectivity index (χ4v) is 4.96. The van der Waals surface area contributed by atoms with Gasteiger partial charge in [0.2, 0.25) is 12.7 Å². The second-order valence-electron chi connectivity index (χ2n) is 8.77. The Kier molecular flexibility index (Phi) is 6.13. The molecule has 3 aliphatic heterocycles. The van der Waals surface area contributed by atoms with Crippen molar-refractivity contribution in [2.75, 3.05) is 33.0 Å². The van der Waals surface area contributed by atoms with Gasteiger partial charge in [-0.05, 0) is 48.7 Å². The number of hydrogen-bond acceptors (Lipinski definition) is 6. The molecule has 3 heterocycles. The van der Waals surface area contributed by atoms with Crippen LogP contribution < -0.4 is 19.9 Å². The van der Waals surface area contributed by atoms with E-state index >= 15 is 0 Å². The lowest BCUT2D eigenvalue weighted by molar-refractivity contribution is -0.123. The molecule has 5 rings (SSSR count). The number of halogens is 1. The van der Waals surface area contributed by atoms with Gasteiger partial charge < -0.3 is 19.9 Å². The van der Waals surface area contributed by atoms with Crippen molar-refractivity contribution in [2.24, 2.45) is 11.7 Å². The molecule has 2 aromatic carbocycles. The highest BCUT2D eigenvalue weighted by Gasteiger charge is 2.25. The number of ether oxygens (including phenoxy) is 3. The van der Waals surface area contributed by atoms with Crippen molar-refractivity contribution >= 4 is 17.5 Å². The van der Waals surface area contributed by atoms with Crippen LogP contribution in [0.4, 0.5) is 0 Å². The van der Waals surface area contributed by atoms with Gasteiger partial charge >= 0.3 is 0 Å². The molecule has 1 saturated heterocycles. The third-order valence-corrected chi connectivity index (χ3v) is 6.79. The first kappa shape index (κ1) is 21.4. The van der Waals surface area contributed by atoms with Gasteiger partial charge in [0.05, 0.1) is 5.92 Å². The molecule has 0 aliphatic carbocycles. The van der Waals surface area contributed by atoms with E-state index in [1.807, 2.05) is 12.1 Å². The minimum absolute atomic E-state index is 0.0464. The molecule has 0 aromatic heterocycles. The zero-order chi connectivity index (χ0) is 22.1. The summed E-state index contributed by atoms with van der Waals surface area (Å²) in [6, 6.07) is 10.2. The number of nitrogens with zero attached hydrogens (tertiary/aromatic N) is 2. The molecule has 0 bridgehead atoms. The van der Waals surface area contributed by atoms with Crippen molar-refractivity contribution in [1.29, 1.82) is 0 Å². The maximum Gasteiger partial charge on any atom is 0.231 e. The Hall–Kier alpha value is -2.48. The predicted octanol–water partition coefficient (Wildman–Crippen LogP) is 3.16. The number of fused-ring (bicyclic) bond motifs is 2. The van der Waals surface area contributed by atoms with Gasteiger partial charge in [-0.25, -0.2) is 0 Å². The number of benzene rings is 2. The Morgan fingerprint density at radius 3 is 2.72 bits per heavy atom. The summed E-state index contributed by atoms with van der Waals surface area (Å²) in [5.74, 6) is 2.14. The molecule has 2 N–H and O–H groups in total. The SMILES string of the molecule is NC(=O)C1CCCN(Cc2ccc3c(c2)CN(Cc2cc4c(cc2Cl)OCO4)CCO3)C1. The lowest BCUT2D eigenvalue weighted by atomic mass is 9.97. The van der Waals surface area contributed by atoms with Crippen LogP contribution in [0.2, 0.25) is 5.02 Å². The van der Waals surface area contributed by atoms with Gasteiger partial charge in [-0.1, -0.05) is 17.7 Å². The molecule has 0 saturated carbocycles. The van der Waals surface area contributed by atoms with Crippen LogP contribution in [0.5, 0.6) is 17.2 Å². The van der Waals surface area contributed by atoms with E-state index in [9.17, 15) is 4.79 Å². The minimum Gasteiger partial charge on any atom is -0.492 e. The Bertz CT molecular complexity index is 1010. The van der Waals surface area contributed by atoms with Gasteiger partial charge in [0.15, 0.2) is 11.5 Å². The molecule has 0 radical (unpaired) electrons. The number of piperidine rings is 1. The van der Waals surface area contributed by atoms with Gasteiger partial charge in [-0.2, -0.15) is 0 Å². The van der Waals surface area contributed by atoms with Crippen LogP contribution in [0.25, 0.3) is 0 Å². The maximum atomic E-state index is 11.6. The molecule has 1 fully saturated rings. The van der Waals surface area contributed by atoms with E-state index in [4.69, 9.17) is 31.5 Å². The number of rotatable bonds is 5. The zero-order valence-corrected chi connectivity index (χ0v) is 18.8. The van der Waals surface area contributed by atoms with Crippen molar-refractivity contribution < 1.29 is 19.0 Å². The number of carbonyl (C=O) groups is 1. The fraction of sp³-hybridized carbons (Fsp3) is 0.458. The number of amides is 1. The van der Waals surface area contributed by atoms with Crippen LogP contribution >= 0.6 is 11.6 Å². The van der Waals surface area contributed by atoms with E-state index in [2.05, 4.69) is 28.0 Å². The maximum absolute atomic E-state index is 11.6. The van der Waals surface area contributed by atoms with Crippen LogP contribution in [0.3, 0.4) is 0 Å². The average molecular weight is 458 g/mol. The lowest BCUT2D eigenvalue weighted by Gasteiger charge is -2.31. The summed E-state index contributed by atoms with van der Waals surface area (Å²) in [5.41, 5.74) is 8.94. The van der Waals surface area contributed by atoms with Crippen molar-refractivity contribution in [2.45, 2.75) is 32.5 Å². The van der Waals surface area contributed by atoms with Gasteiger partial charge in [0.25, 0.3) is 0 Å². The Labute approximate surface area is 193 Å². The summed E-state index contributed by atoms with van der Waals surface area (Å²) in [5, 5.41) is 0.683. The van der Waals surface area contributed by atoms with E-state index in [1.54, 1.807) is 0 Å². The molecule has 3 aliphatic rings. The molecule has 2 aromatic rings. The fourth-order valence-electron chi connectivity index (χ4n) is 4.75. The van der Waals surface area contributed by atoms with E-state index < -0.39 is 0 Å². The zero-order valence-electron chi connectivity index (χ0n) is 18.0. The molecule has 170 valence electrons.